The predicted molar refractivity (Wildman–Crippen MR) is 246 cm³/mol. The van der Waals surface area contributed by atoms with E-state index in [0.717, 1.165) is 84.3 Å². The first-order valence-electron chi connectivity index (χ1n) is 20.6. The first kappa shape index (κ1) is 38.8. The van der Waals surface area contributed by atoms with E-state index in [4.69, 9.17) is 9.72 Å². The number of hydrogen-bond donors (Lipinski definition) is 0. The Morgan fingerprint density at radius 1 is 0.548 bits per heavy atom. The fraction of sp³-hybridized carbons (Fsp3) is 0.0357. The third-order valence-corrected chi connectivity index (χ3v) is 11.4. The zero-order valence-corrected chi connectivity index (χ0v) is 36.0. The van der Waals surface area contributed by atoms with Gasteiger partial charge in [0.1, 0.15) is 5.82 Å². The maximum Gasteiger partial charge on any atom is 0.268 e. The largest absolute Gasteiger partial charge is 0.510 e. The Labute approximate surface area is 375 Å². The van der Waals surface area contributed by atoms with Gasteiger partial charge in [0, 0.05) is 44.3 Å². The standard InChI is InChI=1S/C56H38N4O.Pt/c1-2-39-32-33-57-55(34-39)60-51-31-28-43(40-16-6-3-7-17-40)35-50(51)49-30-29-46(37-54(49)60)61-45-23-14-22-44(36-45)58-38-59(53-27-13-12-26-52(53)58)56-47(41-18-8-4-9-19-41)24-15-25-48(56)42-20-10-5-11-21-42;/h3-35H,2H2,1H3;/q-2;. The van der Waals surface area contributed by atoms with Gasteiger partial charge in [-0.05, 0) is 74.6 Å². The van der Waals surface area contributed by atoms with Crippen molar-refractivity contribution >= 4 is 32.8 Å². The van der Waals surface area contributed by atoms with Crippen LogP contribution in [0.4, 0.5) is 0 Å². The Morgan fingerprint density at radius 3 is 1.94 bits per heavy atom. The zero-order valence-electron chi connectivity index (χ0n) is 33.8. The van der Waals surface area contributed by atoms with E-state index >= 15 is 0 Å². The van der Waals surface area contributed by atoms with Crippen molar-refractivity contribution in [2.24, 2.45) is 0 Å². The van der Waals surface area contributed by atoms with Crippen molar-refractivity contribution in [2.75, 3.05) is 0 Å². The molecule has 0 amide bonds. The van der Waals surface area contributed by atoms with E-state index < -0.39 is 0 Å². The molecule has 0 saturated carbocycles. The molecule has 5 nitrogen and oxygen atoms in total. The van der Waals surface area contributed by atoms with E-state index in [0.29, 0.717) is 11.5 Å². The number of hydrogen-bond acceptors (Lipinski definition) is 2. The third-order valence-electron chi connectivity index (χ3n) is 11.4. The first-order chi connectivity index (χ1) is 30.2. The zero-order chi connectivity index (χ0) is 40.7. The third kappa shape index (κ3) is 7.01. The van der Waals surface area contributed by atoms with Crippen LogP contribution in [0.3, 0.4) is 0 Å². The van der Waals surface area contributed by atoms with Crippen molar-refractivity contribution in [1.82, 2.24) is 14.1 Å². The molecular weight excluding hydrogens is 940 g/mol. The number of ether oxygens (including phenoxy) is 1. The van der Waals surface area contributed by atoms with Gasteiger partial charge in [-0.15, -0.1) is 29.7 Å². The Kier molecular flexibility index (Phi) is 10.4. The maximum atomic E-state index is 6.65. The molecular formula is C56H38N4OPt-2. The van der Waals surface area contributed by atoms with Crippen LogP contribution in [0.1, 0.15) is 12.5 Å². The summed E-state index contributed by atoms with van der Waals surface area (Å²) in [7, 11) is 0. The number of para-hydroxylation sites is 3. The van der Waals surface area contributed by atoms with Crippen molar-refractivity contribution < 1.29 is 30.4 Å². The van der Waals surface area contributed by atoms with E-state index in [2.05, 4.69) is 203 Å². The van der Waals surface area contributed by atoms with Crippen LogP contribution < -0.4 is 9.30 Å². The number of fused-ring (bicyclic) bond motifs is 4. The molecule has 11 aromatic rings. The number of rotatable bonds is 9. The van der Waals surface area contributed by atoms with Crippen LogP contribution in [0.2, 0.25) is 0 Å². The number of nitrogens with zero attached hydrogens (tertiary/aromatic N) is 4. The van der Waals surface area contributed by atoms with Gasteiger partial charge in [-0.1, -0.05) is 158 Å². The molecule has 0 aliphatic rings. The van der Waals surface area contributed by atoms with Gasteiger partial charge in [0.15, 0.2) is 0 Å². The van der Waals surface area contributed by atoms with Crippen LogP contribution >= 0.6 is 0 Å². The number of pyridine rings is 1. The van der Waals surface area contributed by atoms with E-state index in [-0.39, 0.29) is 21.1 Å². The summed E-state index contributed by atoms with van der Waals surface area (Å²) in [5.74, 6) is 2.00. The second kappa shape index (κ2) is 16.6. The molecule has 0 radical (unpaired) electrons. The molecule has 0 aliphatic carbocycles. The molecule has 0 atom stereocenters. The van der Waals surface area contributed by atoms with Gasteiger partial charge in [-0.25, -0.2) is 4.98 Å². The normalized spacial score (nSPS) is 11.2. The second-order valence-electron chi connectivity index (χ2n) is 15.1. The number of imidazole rings is 1. The number of aryl methyl sites for hydroxylation is 1. The van der Waals surface area contributed by atoms with Crippen molar-refractivity contribution in [2.45, 2.75) is 13.3 Å². The maximum absolute atomic E-state index is 6.65. The molecule has 3 heterocycles. The fourth-order valence-electron chi connectivity index (χ4n) is 8.47. The summed E-state index contributed by atoms with van der Waals surface area (Å²) in [6.07, 6.45) is 6.55. The molecule has 62 heavy (non-hydrogen) atoms. The quantitative estimate of drug-likeness (QED) is 0.107. The molecule has 0 saturated heterocycles. The van der Waals surface area contributed by atoms with Crippen LogP contribution in [0.15, 0.2) is 200 Å². The van der Waals surface area contributed by atoms with E-state index in [1.54, 1.807) is 0 Å². The number of benzene rings is 8. The minimum Gasteiger partial charge on any atom is -0.510 e. The van der Waals surface area contributed by atoms with E-state index in [1.165, 1.54) is 11.1 Å². The van der Waals surface area contributed by atoms with Crippen molar-refractivity contribution in [1.29, 1.82) is 0 Å². The average molecular weight is 978 g/mol. The second-order valence-corrected chi connectivity index (χ2v) is 15.1. The molecule has 0 spiro atoms. The molecule has 0 unspecified atom stereocenters. The summed E-state index contributed by atoms with van der Waals surface area (Å²) in [6.45, 7) is 2.17. The Bertz CT molecular complexity index is 3320. The SMILES string of the molecule is CCc1ccnc(-n2c3[c-]c(Oc4[c-]c(-n5[c-][n+](-c6c(-c7ccccc7)cccc6-c6ccccc6)c6ccccc65)ccc4)ccc3c3cc(-c4ccccc4)ccc32)c1.[Pt]. The Morgan fingerprint density at radius 2 is 1.21 bits per heavy atom. The fourth-order valence-corrected chi connectivity index (χ4v) is 8.47. The predicted octanol–water partition coefficient (Wildman–Crippen LogP) is 13.2. The van der Waals surface area contributed by atoms with Crippen LogP contribution in [-0.4, -0.2) is 14.1 Å². The summed E-state index contributed by atoms with van der Waals surface area (Å²) < 4.78 is 13.1. The van der Waals surface area contributed by atoms with Crippen LogP contribution in [0.25, 0.3) is 83.4 Å². The van der Waals surface area contributed by atoms with Crippen LogP contribution in [0, 0.1) is 18.5 Å². The molecule has 6 heteroatoms. The summed E-state index contributed by atoms with van der Waals surface area (Å²) in [5, 5.41) is 2.20. The molecule has 0 N–H and O–H groups in total. The van der Waals surface area contributed by atoms with Gasteiger partial charge in [-0.2, -0.15) is 18.2 Å². The first-order valence-corrected chi connectivity index (χ1v) is 20.6. The van der Waals surface area contributed by atoms with Gasteiger partial charge < -0.3 is 13.9 Å². The molecule has 11 rings (SSSR count). The summed E-state index contributed by atoms with van der Waals surface area (Å²) in [4.78, 5) is 4.85. The van der Waals surface area contributed by atoms with Crippen LogP contribution in [-0.2, 0) is 27.5 Å². The molecule has 300 valence electrons. The summed E-state index contributed by atoms with van der Waals surface area (Å²) in [6, 6.07) is 74.8. The average Bonchev–Trinajstić information content (AvgIpc) is 3.88. The minimum atomic E-state index is 0. The van der Waals surface area contributed by atoms with Crippen molar-refractivity contribution in [3.8, 4) is 62.1 Å². The van der Waals surface area contributed by atoms with Gasteiger partial charge in [-0.3, -0.25) is 4.57 Å². The summed E-state index contributed by atoms with van der Waals surface area (Å²) in [5.41, 5.74) is 13.9. The van der Waals surface area contributed by atoms with Crippen molar-refractivity contribution in [3.63, 3.8) is 0 Å². The molecule has 3 aromatic heterocycles. The molecule has 0 fully saturated rings. The Hall–Kier alpha value is -7.33. The Balaban J connectivity index is 0.00000458. The monoisotopic (exact) mass is 977 g/mol. The smallest absolute Gasteiger partial charge is 0.268 e. The number of aromatic nitrogens is 4. The minimum absolute atomic E-state index is 0. The van der Waals surface area contributed by atoms with Gasteiger partial charge >= 0.3 is 0 Å². The molecule has 8 aromatic carbocycles. The van der Waals surface area contributed by atoms with Gasteiger partial charge in [0.25, 0.3) is 6.33 Å². The topological polar surface area (TPSA) is 35.9 Å². The van der Waals surface area contributed by atoms with Crippen LogP contribution in [0.5, 0.6) is 11.5 Å². The van der Waals surface area contributed by atoms with E-state index in [1.807, 2.05) is 36.5 Å². The van der Waals surface area contributed by atoms with E-state index in [9.17, 15) is 0 Å². The van der Waals surface area contributed by atoms with Gasteiger partial charge in [0.2, 0.25) is 0 Å². The van der Waals surface area contributed by atoms with Crippen molar-refractivity contribution in [3.05, 3.63) is 224 Å². The molecule has 0 aliphatic heterocycles. The van der Waals surface area contributed by atoms with Gasteiger partial charge in [0.05, 0.1) is 16.7 Å². The molecule has 0 bridgehead atoms. The summed E-state index contributed by atoms with van der Waals surface area (Å²) >= 11 is 0.